The van der Waals surface area contributed by atoms with Gasteiger partial charge in [-0.25, -0.2) is 13.1 Å². The third kappa shape index (κ3) is 4.66. The van der Waals surface area contributed by atoms with E-state index in [4.69, 9.17) is 21.1 Å². The molecule has 7 nitrogen and oxygen atoms in total. The van der Waals surface area contributed by atoms with E-state index in [1.165, 1.54) is 19.2 Å². The van der Waals surface area contributed by atoms with Crippen molar-refractivity contribution in [3.63, 3.8) is 0 Å². The zero-order chi connectivity index (χ0) is 22.0. The summed E-state index contributed by atoms with van der Waals surface area (Å²) >= 11 is 6.18. The second-order valence-corrected chi connectivity index (χ2v) is 9.14. The van der Waals surface area contributed by atoms with Crippen LogP contribution in [0.25, 0.3) is 11.1 Å². The Morgan fingerprint density at radius 3 is 2.55 bits per heavy atom. The van der Waals surface area contributed by atoms with E-state index < -0.39 is 10.0 Å². The maximum Gasteiger partial charge on any atom is 0.240 e. The van der Waals surface area contributed by atoms with Crippen LogP contribution in [0.15, 0.2) is 65.6 Å². The lowest BCUT2D eigenvalue weighted by molar-refractivity contribution is -0.115. The van der Waals surface area contributed by atoms with Crippen molar-refractivity contribution in [1.29, 1.82) is 0 Å². The zero-order valence-electron chi connectivity index (χ0n) is 16.5. The minimum atomic E-state index is -3.49. The van der Waals surface area contributed by atoms with Crippen molar-refractivity contribution < 1.29 is 22.7 Å². The van der Waals surface area contributed by atoms with Gasteiger partial charge < -0.3 is 14.8 Å². The highest BCUT2D eigenvalue weighted by Gasteiger charge is 2.19. The van der Waals surface area contributed by atoms with Crippen LogP contribution in [0, 0.1) is 0 Å². The minimum absolute atomic E-state index is 0.110. The number of carbonyl (C=O) groups is 1. The molecule has 0 aromatic heterocycles. The molecule has 0 atom stereocenters. The second kappa shape index (κ2) is 8.58. The van der Waals surface area contributed by atoms with Crippen LogP contribution >= 0.6 is 11.6 Å². The Bertz CT molecular complexity index is 1240. The molecule has 31 heavy (non-hydrogen) atoms. The van der Waals surface area contributed by atoms with Crippen LogP contribution in [-0.2, 0) is 21.2 Å². The van der Waals surface area contributed by atoms with Crippen LogP contribution in [0.3, 0.4) is 0 Å². The molecule has 0 fully saturated rings. The fourth-order valence-electron chi connectivity index (χ4n) is 3.23. The molecule has 0 unspecified atom stereocenters. The number of hydrogen-bond donors (Lipinski definition) is 2. The normalized spacial score (nSPS) is 12.6. The van der Waals surface area contributed by atoms with E-state index >= 15 is 0 Å². The summed E-state index contributed by atoms with van der Waals surface area (Å²) in [4.78, 5) is 12.7. The number of amides is 1. The van der Waals surface area contributed by atoms with Crippen molar-refractivity contribution in [3.8, 4) is 22.6 Å². The topological polar surface area (TPSA) is 93.7 Å². The molecule has 1 aliphatic heterocycles. The lowest BCUT2D eigenvalue weighted by Gasteiger charge is -2.09. The Hall–Kier alpha value is -3.07. The largest absolute Gasteiger partial charge is 0.454 e. The number of nitrogens with one attached hydrogen (secondary N) is 2. The molecular weight excluding hydrogens is 440 g/mol. The van der Waals surface area contributed by atoms with Crippen molar-refractivity contribution in [3.05, 3.63) is 71.2 Å². The van der Waals surface area contributed by atoms with Gasteiger partial charge in [-0.1, -0.05) is 35.9 Å². The van der Waals surface area contributed by atoms with Crippen LogP contribution in [0.5, 0.6) is 11.5 Å². The Balaban J connectivity index is 1.47. The molecule has 0 radical (unpaired) electrons. The maximum atomic E-state index is 12.5. The Morgan fingerprint density at radius 2 is 1.81 bits per heavy atom. The molecule has 0 saturated heterocycles. The number of halogens is 1. The predicted octanol–water partition coefficient (Wildman–Crippen LogP) is 3.83. The van der Waals surface area contributed by atoms with Crippen molar-refractivity contribution in [2.45, 2.75) is 11.3 Å². The summed E-state index contributed by atoms with van der Waals surface area (Å²) in [6.07, 6.45) is 0.122. The lowest BCUT2D eigenvalue weighted by atomic mass is 10.1. The van der Waals surface area contributed by atoms with Gasteiger partial charge in [0.15, 0.2) is 11.5 Å². The summed E-state index contributed by atoms with van der Waals surface area (Å²) in [6, 6.07) is 17.3. The first-order chi connectivity index (χ1) is 14.9. The number of carbonyl (C=O) groups excluding carboxylic acids is 1. The number of sulfonamides is 1. The van der Waals surface area contributed by atoms with Crippen LogP contribution < -0.4 is 19.5 Å². The van der Waals surface area contributed by atoms with Gasteiger partial charge in [-0.2, -0.15) is 0 Å². The first kappa shape index (κ1) is 21.2. The quantitative estimate of drug-likeness (QED) is 0.585. The van der Waals surface area contributed by atoms with Gasteiger partial charge in [-0.15, -0.1) is 0 Å². The van der Waals surface area contributed by atoms with E-state index in [9.17, 15) is 13.2 Å². The molecular formula is C22H19ClN2O5S. The zero-order valence-corrected chi connectivity index (χ0v) is 18.1. The van der Waals surface area contributed by atoms with Crippen molar-refractivity contribution in [2.24, 2.45) is 0 Å². The molecule has 0 saturated carbocycles. The van der Waals surface area contributed by atoms with Crippen molar-refractivity contribution in [1.82, 2.24) is 4.72 Å². The van der Waals surface area contributed by atoms with Gasteiger partial charge in [-0.3, -0.25) is 4.79 Å². The highest BCUT2D eigenvalue weighted by molar-refractivity contribution is 7.89. The number of hydrogen-bond acceptors (Lipinski definition) is 5. The third-order valence-corrected chi connectivity index (χ3v) is 6.48. The lowest BCUT2D eigenvalue weighted by Crippen LogP contribution is -2.18. The van der Waals surface area contributed by atoms with E-state index in [1.807, 2.05) is 18.2 Å². The molecule has 0 aliphatic carbocycles. The highest BCUT2D eigenvalue weighted by Crippen LogP contribution is 2.40. The average molecular weight is 459 g/mol. The van der Waals surface area contributed by atoms with Crippen LogP contribution in [0.2, 0.25) is 5.02 Å². The SMILES string of the molecule is CNS(=O)(=O)c1ccc(-c2cccc(NC(=O)Cc3cc(Cl)c4c(c3)OCO4)c2)cc1. The molecule has 3 aromatic rings. The van der Waals surface area contributed by atoms with E-state index in [1.54, 1.807) is 30.3 Å². The van der Waals surface area contributed by atoms with Crippen molar-refractivity contribution in [2.75, 3.05) is 19.2 Å². The number of anilines is 1. The molecule has 2 N–H and O–H groups in total. The van der Waals surface area contributed by atoms with Gasteiger partial charge in [0.25, 0.3) is 0 Å². The maximum absolute atomic E-state index is 12.5. The summed E-state index contributed by atoms with van der Waals surface area (Å²) in [6.45, 7) is 0.110. The van der Waals surface area contributed by atoms with Crippen LogP contribution in [0.4, 0.5) is 5.69 Å². The Labute approximate surface area is 185 Å². The van der Waals surface area contributed by atoms with Crippen LogP contribution in [0.1, 0.15) is 5.56 Å². The fraction of sp³-hybridized carbons (Fsp3) is 0.136. The molecule has 1 amide bonds. The molecule has 3 aromatic carbocycles. The Kier molecular flexibility index (Phi) is 5.86. The van der Waals surface area contributed by atoms with Gasteiger partial charge in [0.1, 0.15) is 0 Å². The van der Waals surface area contributed by atoms with Gasteiger partial charge in [0.2, 0.25) is 22.7 Å². The van der Waals surface area contributed by atoms with E-state index in [0.717, 1.165) is 11.1 Å². The van der Waals surface area contributed by atoms with Crippen molar-refractivity contribution >= 4 is 33.2 Å². The minimum Gasteiger partial charge on any atom is -0.454 e. The Morgan fingerprint density at radius 1 is 1.03 bits per heavy atom. The first-order valence-electron chi connectivity index (χ1n) is 9.37. The monoisotopic (exact) mass is 458 g/mol. The summed E-state index contributed by atoms with van der Waals surface area (Å²) in [7, 11) is -2.12. The molecule has 1 heterocycles. The van der Waals surface area contributed by atoms with Crippen LogP contribution in [-0.4, -0.2) is 28.2 Å². The molecule has 160 valence electrons. The van der Waals surface area contributed by atoms with Gasteiger partial charge in [-0.05, 0) is 60.1 Å². The number of ether oxygens (including phenoxy) is 2. The number of rotatable bonds is 6. The van der Waals surface area contributed by atoms with E-state index in [2.05, 4.69) is 10.0 Å². The molecule has 1 aliphatic rings. The molecule has 4 rings (SSSR count). The third-order valence-electron chi connectivity index (χ3n) is 4.76. The van der Waals surface area contributed by atoms with Gasteiger partial charge >= 0.3 is 0 Å². The van der Waals surface area contributed by atoms with Gasteiger partial charge in [0.05, 0.1) is 16.3 Å². The molecule has 0 spiro atoms. The molecule has 0 bridgehead atoms. The predicted molar refractivity (Wildman–Crippen MR) is 118 cm³/mol. The summed E-state index contributed by atoms with van der Waals surface area (Å²) in [5.74, 6) is 0.815. The fourth-order valence-corrected chi connectivity index (χ4v) is 4.25. The number of fused-ring (bicyclic) bond motifs is 1. The average Bonchev–Trinajstić information content (AvgIpc) is 3.23. The molecule has 9 heteroatoms. The number of benzene rings is 3. The van der Waals surface area contributed by atoms with E-state index in [0.29, 0.717) is 27.8 Å². The second-order valence-electron chi connectivity index (χ2n) is 6.85. The summed E-state index contributed by atoms with van der Waals surface area (Å²) in [5, 5.41) is 3.28. The smallest absolute Gasteiger partial charge is 0.240 e. The highest BCUT2D eigenvalue weighted by atomic mass is 35.5. The van der Waals surface area contributed by atoms with Gasteiger partial charge in [0, 0.05) is 5.69 Å². The summed E-state index contributed by atoms with van der Waals surface area (Å²) in [5.41, 5.74) is 3.01. The standard InChI is InChI=1S/C22H19ClN2O5S/c1-24-31(27,28)18-7-5-15(6-8-18)16-3-2-4-17(12-16)25-21(26)11-14-9-19(23)22-20(10-14)29-13-30-22/h2-10,12,24H,11,13H2,1H3,(H,25,26). The van der Waals surface area contributed by atoms with E-state index in [-0.39, 0.29) is 24.0 Å². The first-order valence-corrected chi connectivity index (χ1v) is 11.2. The summed E-state index contributed by atoms with van der Waals surface area (Å²) < 4.78 is 36.7.